The Hall–Kier alpha value is -3.49. The average molecular weight is 1090 g/mol. The van der Waals surface area contributed by atoms with E-state index in [0.717, 1.165) is 51.1 Å². The fourth-order valence-electron chi connectivity index (χ4n) is 12.0. The van der Waals surface area contributed by atoms with Gasteiger partial charge in [0.2, 0.25) is 5.79 Å². The summed E-state index contributed by atoms with van der Waals surface area (Å²) in [6.07, 6.45) is 12.7. The first-order valence-corrected chi connectivity index (χ1v) is 28.8. The van der Waals surface area contributed by atoms with Gasteiger partial charge in [-0.15, -0.1) is 0 Å². The van der Waals surface area contributed by atoms with E-state index in [4.69, 9.17) is 33.2 Å². The number of aliphatic hydroxyl groups excluding tert-OH is 2. The van der Waals surface area contributed by atoms with Crippen molar-refractivity contribution in [3.05, 3.63) is 47.6 Å². The fraction of sp³-hybridized carbons (Fsp3) is 0.783. The van der Waals surface area contributed by atoms with E-state index in [1.807, 2.05) is 58.1 Å². The average Bonchev–Trinajstić information content (AvgIpc) is 3.41. The van der Waals surface area contributed by atoms with Gasteiger partial charge in [-0.3, -0.25) is 24.1 Å². The molecule has 1 aliphatic carbocycles. The molecule has 16 atom stereocenters. The number of fused-ring (bicyclic) bond motifs is 3. The van der Waals surface area contributed by atoms with Gasteiger partial charge >= 0.3 is 5.97 Å². The summed E-state index contributed by atoms with van der Waals surface area (Å²) in [5, 5.41) is 33.4. The number of Topliss-reactive ketones (excluding diaryl/α,β-unsaturated/α-hetero) is 3. The number of aliphatic hydroxyl groups is 3. The highest BCUT2D eigenvalue weighted by molar-refractivity contribution is 6.39. The highest BCUT2D eigenvalue weighted by Crippen LogP contribution is 2.38. The zero-order chi connectivity index (χ0) is 56.4. The Morgan fingerprint density at radius 1 is 0.844 bits per heavy atom. The van der Waals surface area contributed by atoms with Crippen LogP contribution in [0.25, 0.3) is 0 Å². The predicted molar refractivity (Wildman–Crippen MR) is 291 cm³/mol. The van der Waals surface area contributed by atoms with E-state index in [1.165, 1.54) is 12.0 Å². The highest BCUT2D eigenvalue weighted by atomic mass is 16.6. The number of cyclic esters (lactones) is 1. The molecule has 3 N–H and O–H groups in total. The SMILES string of the molecule is CO[C@@H]1C[C@H](C[C@@H](C)[C@@H]2CC(=O)[C@H](C)/C=C(\C)[C@@H](O)[C@@H](OC)C(=O)[C@H](C)C[C@H](C)/C=C/C=C/C=C(\C)[C@H](OCCO)C[C@@H]3CC[C@@H](C)[C@@](O)(O3)C(=O)C(=O)N3CCCCC3C(=O)O2)CC[C@H]1OCCCN1CCOC[C@H]1C. The van der Waals surface area contributed by atoms with Gasteiger partial charge in [0.1, 0.15) is 30.1 Å². The first-order valence-electron chi connectivity index (χ1n) is 28.8. The summed E-state index contributed by atoms with van der Waals surface area (Å²) >= 11 is 0. The second-order valence-electron chi connectivity index (χ2n) is 23.1. The van der Waals surface area contributed by atoms with Crippen LogP contribution in [0.4, 0.5) is 0 Å². The van der Waals surface area contributed by atoms with Crippen molar-refractivity contribution < 1.29 is 72.5 Å². The van der Waals surface area contributed by atoms with Gasteiger partial charge in [-0.2, -0.15) is 0 Å². The summed E-state index contributed by atoms with van der Waals surface area (Å²) in [5.41, 5.74) is 1.19. The molecule has 17 nitrogen and oxygen atoms in total. The molecule has 4 heterocycles. The summed E-state index contributed by atoms with van der Waals surface area (Å²) in [4.78, 5) is 75.4. The zero-order valence-electron chi connectivity index (χ0n) is 48.1. The number of morpholine rings is 1. The molecule has 0 aromatic carbocycles. The van der Waals surface area contributed by atoms with E-state index >= 15 is 0 Å². The number of carbonyl (C=O) groups is 5. The van der Waals surface area contributed by atoms with Crippen molar-refractivity contribution in [1.82, 2.24) is 9.80 Å². The van der Waals surface area contributed by atoms with Gasteiger partial charge in [0.25, 0.3) is 11.7 Å². The van der Waals surface area contributed by atoms with Crippen molar-refractivity contribution in [3.8, 4) is 0 Å². The van der Waals surface area contributed by atoms with Crippen LogP contribution < -0.4 is 0 Å². The largest absolute Gasteiger partial charge is 0.460 e. The molecule has 5 rings (SSSR count). The summed E-state index contributed by atoms with van der Waals surface area (Å²) in [5.74, 6) is -8.09. The zero-order valence-corrected chi connectivity index (χ0v) is 48.1. The number of piperidine rings is 1. The van der Waals surface area contributed by atoms with Crippen LogP contribution in [-0.2, 0) is 57.1 Å². The Balaban J connectivity index is 1.41. The molecule has 0 radical (unpaired) electrons. The van der Waals surface area contributed by atoms with Crippen LogP contribution in [0, 0.1) is 35.5 Å². The number of methoxy groups -OCH3 is 2. The molecule has 5 aliphatic rings. The van der Waals surface area contributed by atoms with Crippen molar-refractivity contribution in [1.29, 1.82) is 0 Å². The molecular weight excluding hydrogens is 989 g/mol. The van der Waals surface area contributed by atoms with E-state index in [-0.39, 0.29) is 80.5 Å². The first kappa shape index (κ1) is 64.3. The Morgan fingerprint density at radius 3 is 2.32 bits per heavy atom. The Kier molecular flexibility index (Phi) is 26.3. The van der Waals surface area contributed by atoms with Gasteiger partial charge < -0.3 is 53.4 Å². The van der Waals surface area contributed by atoms with Crippen LogP contribution in [-0.4, -0.2) is 182 Å². The molecule has 0 spiro atoms. The molecule has 2 bridgehead atoms. The monoisotopic (exact) mass is 1080 g/mol. The second kappa shape index (κ2) is 31.5. The molecule has 4 fully saturated rings. The topological polar surface area (TPSA) is 217 Å². The van der Waals surface area contributed by atoms with Gasteiger partial charge in [0.05, 0.1) is 50.8 Å². The minimum Gasteiger partial charge on any atom is -0.460 e. The number of amides is 1. The molecule has 0 aromatic rings. The third-order valence-electron chi connectivity index (χ3n) is 17.0. The lowest BCUT2D eigenvalue weighted by atomic mass is 9.78. The Labute approximate surface area is 459 Å². The molecule has 0 aromatic heterocycles. The van der Waals surface area contributed by atoms with Crippen molar-refractivity contribution in [2.75, 3.05) is 66.9 Å². The van der Waals surface area contributed by atoms with E-state index in [1.54, 1.807) is 34.0 Å². The van der Waals surface area contributed by atoms with Crippen molar-refractivity contribution in [2.24, 2.45) is 35.5 Å². The van der Waals surface area contributed by atoms with Gasteiger partial charge in [-0.05, 0) is 120 Å². The van der Waals surface area contributed by atoms with Gasteiger partial charge in [-0.25, -0.2) is 4.79 Å². The summed E-state index contributed by atoms with van der Waals surface area (Å²) in [6.45, 7) is 18.7. The number of carbonyl (C=O) groups excluding carboxylic acids is 5. The maximum Gasteiger partial charge on any atom is 0.329 e. The molecule has 1 saturated carbocycles. The smallest absolute Gasteiger partial charge is 0.329 e. The molecule has 436 valence electrons. The fourth-order valence-corrected chi connectivity index (χ4v) is 12.0. The van der Waals surface area contributed by atoms with E-state index in [2.05, 4.69) is 11.8 Å². The molecule has 17 heteroatoms. The molecule has 1 unspecified atom stereocenters. The van der Waals surface area contributed by atoms with Crippen LogP contribution in [0.5, 0.6) is 0 Å². The summed E-state index contributed by atoms with van der Waals surface area (Å²) < 4.78 is 42.3. The standard InChI is InChI=1S/C60H96N2O15/c1-38-17-12-11-13-18-39(2)51(75-30-27-63)35-47-22-20-44(7)60(70,77-47)57(67)58(68)62-25-15-14-19-48(62)59(69)76-52(36-49(64)40(3)32-43(6)55(66)56(72-10)54(65)42(5)31-38)41(4)33-46-21-23-50(53(34-46)71-9)74-28-16-24-61-26-29-73-37-45(61)8/h11-13,17-18,32,38,40-42,44-48,50-53,55-56,63,66,70H,14-16,19-31,33-37H2,1-10H3/b13-11+,17-12+,39-18+,43-32+/t38-,40-,41-,42-,44-,45-,46+,47+,48?,50-,51-,52+,53-,55-,56+,60-/m1/s1. The van der Waals surface area contributed by atoms with Crippen molar-refractivity contribution >= 4 is 29.2 Å². The first-order chi connectivity index (χ1) is 36.7. The van der Waals surface area contributed by atoms with Crippen molar-refractivity contribution in [3.63, 3.8) is 0 Å². The molecule has 4 aliphatic heterocycles. The molecule has 3 saturated heterocycles. The molecular formula is C60H96N2O15. The van der Waals surface area contributed by atoms with Gasteiger partial charge in [0.15, 0.2) is 5.78 Å². The predicted octanol–water partition coefficient (Wildman–Crippen LogP) is 6.68. The van der Waals surface area contributed by atoms with Gasteiger partial charge in [-0.1, -0.05) is 71.1 Å². The van der Waals surface area contributed by atoms with Crippen LogP contribution in [0.1, 0.15) is 139 Å². The van der Waals surface area contributed by atoms with Gasteiger partial charge in [0, 0.05) is 77.1 Å². The van der Waals surface area contributed by atoms with Crippen LogP contribution in [0.3, 0.4) is 0 Å². The van der Waals surface area contributed by atoms with Crippen LogP contribution >= 0.6 is 0 Å². The van der Waals surface area contributed by atoms with E-state index in [0.29, 0.717) is 63.2 Å². The number of ketones is 3. The summed E-state index contributed by atoms with van der Waals surface area (Å²) in [7, 11) is 3.09. The maximum absolute atomic E-state index is 14.6. The number of ether oxygens (including phenoxy) is 7. The number of allylic oxidation sites excluding steroid dienone is 6. The number of hydrogen-bond acceptors (Lipinski definition) is 16. The highest BCUT2D eigenvalue weighted by Gasteiger charge is 2.53. The third kappa shape index (κ3) is 18.3. The number of nitrogens with zero attached hydrogens (tertiary/aromatic N) is 2. The van der Waals surface area contributed by atoms with E-state index < -0.39 is 77.8 Å². The summed E-state index contributed by atoms with van der Waals surface area (Å²) in [6, 6.07) is -0.783. The van der Waals surface area contributed by atoms with E-state index in [9.17, 15) is 39.3 Å². The lowest BCUT2D eigenvalue weighted by Crippen LogP contribution is -2.61. The quantitative estimate of drug-likeness (QED) is 0.0759. The molecule has 1 amide bonds. The lowest BCUT2D eigenvalue weighted by Gasteiger charge is -2.43. The van der Waals surface area contributed by atoms with Crippen LogP contribution in [0.15, 0.2) is 47.6 Å². The Morgan fingerprint density at radius 2 is 1.61 bits per heavy atom. The number of hydrogen-bond donors (Lipinski definition) is 3. The Bertz CT molecular complexity index is 2040. The second-order valence-corrected chi connectivity index (χ2v) is 23.1. The minimum atomic E-state index is -2.48. The lowest BCUT2D eigenvalue weighted by molar-refractivity contribution is -0.266. The number of rotatable bonds is 13. The van der Waals surface area contributed by atoms with Crippen molar-refractivity contribution in [2.45, 2.75) is 199 Å². The normalized spacial score (nSPS) is 38.4. The minimum absolute atomic E-state index is 0.0100. The third-order valence-corrected chi connectivity index (χ3v) is 17.0. The number of esters is 1. The van der Waals surface area contributed by atoms with Crippen LogP contribution in [0.2, 0.25) is 0 Å². The maximum atomic E-state index is 14.6. The molecule has 77 heavy (non-hydrogen) atoms.